The fraction of sp³-hybridized carbons (Fsp3) is 0.208. The SMILES string of the molecule is N#Cc1ccc(C(=O)N2CCN(c3nc4nccc(-c5cccc(C(F)(F)F)c5)n4n3)CC2)cc1. The van der Waals surface area contributed by atoms with E-state index in [1.54, 1.807) is 41.3 Å². The number of halogens is 3. The minimum Gasteiger partial charge on any atom is -0.336 e. The van der Waals surface area contributed by atoms with E-state index in [0.29, 0.717) is 54.5 Å². The molecule has 35 heavy (non-hydrogen) atoms. The zero-order chi connectivity index (χ0) is 24.6. The summed E-state index contributed by atoms with van der Waals surface area (Å²) in [6.45, 7) is 1.86. The van der Waals surface area contributed by atoms with E-state index in [9.17, 15) is 18.0 Å². The van der Waals surface area contributed by atoms with Crippen LogP contribution in [0.4, 0.5) is 19.1 Å². The van der Waals surface area contributed by atoms with Crippen LogP contribution in [0, 0.1) is 11.3 Å². The highest BCUT2D eigenvalue weighted by Gasteiger charge is 2.31. The van der Waals surface area contributed by atoms with Gasteiger partial charge in [-0.25, -0.2) is 4.98 Å². The zero-order valence-corrected chi connectivity index (χ0v) is 18.3. The number of aromatic nitrogens is 4. The smallest absolute Gasteiger partial charge is 0.336 e. The van der Waals surface area contributed by atoms with Gasteiger partial charge in [-0.3, -0.25) is 4.79 Å². The molecule has 1 saturated heterocycles. The second kappa shape index (κ2) is 8.72. The number of rotatable bonds is 3. The maximum Gasteiger partial charge on any atom is 0.416 e. The molecule has 11 heteroatoms. The molecule has 4 aromatic rings. The molecule has 0 unspecified atom stereocenters. The third-order valence-corrected chi connectivity index (χ3v) is 5.83. The summed E-state index contributed by atoms with van der Waals surface area (Å²) < 4.78 is 41.0. The first kappa shape index (κ1) is 22.3. The van der Waals surface area contributed by atoms with Gasteiger partial charge >= 0.3 is 6.18 Å². The fourth-order valence-corrected chi connectivity index (χ4v) is 3.97. The topological polar surface area (TPSA) is 90.4 Å². The number of nitrogens with zero attached hydrogens (tertiary/aromatic N) is 7. The number of alkyl halides is 3. The molecule has 3 heterocycles. The molecule has 5 rings (SSSR count). The van der Waals surface area contributed by atoms with Gasteiger partial charge in [0, 0.05) is 43.5 Å². The monoisotopic (exact) mass is 477 g/mol. The highest BCUT2D eigenvalue weighted by atomic mass is 19.4. The van der Waals surface area contributed by atoms with E-state index in [1.165, 1.54) is 16.8 Å². The number of benzene rings is 2. The van der Waals surface area contributed by atoms with Crippen molar-refractivity contribution in [2.45, 2.75) is 6.18 Å². The number of nitriles is 1. The Morgan fingerprint density at radius 3 is 2.43 bits per heavy atom. The normalized spacial score (nSPS) is 14.2. The first-order valence-corrected chi connectivity index (χ1v) is 10.8. The number of fused-ring (bicyclic) bond motifs is 1. The molecule has 2 aromatic heterocycles. The van der Waals surface area contributed by atoms with Gasteiger partial charge in [-0.15, -0.1) is 5.10 Å². The van der Waals surface area contributed by atoms with Crippen molar-refractivity contribution in [2.24, 2.45) is 0 Å². The molecule has 1 fully saturated rings. The van der Waals surface area contributed by atoms with Crippen molar-refractivity contribution in [3.8, 4) is 17.3 Å². The van der Waals surface area contributed by atoms with Gasteiger partial charge in [0.05, 0.1) is 22.9 Å². The lowest BCUT2D eigenvalue weighted by molar-refractivity contribution is -0.137. The summed E-state index contributed by atoms with van der Waals surface area (Å²) in [5.74, 6) is 0.541. The Labute approximate surface area is 197 Å². The lowest BCUT2D eigenvalue weighted by Gasteiger charge is -2.34. The molecule has 0 saturated carbocycles. The van der Waals surface area contributed by atoms with Crippen LogP contribution in [0.5, 0.6) is 0 Å². The van der Waals surface area contributed by atoms with Crippen LogP contribution in [-0.4, -0.2) is 56.6 Å². The Kier molecular flexibility index (Phi) is 5.56. The summed E-state index contributed by atoms with van der Waals surface area (Å²) in [6, 6.07) is 15.1. The highest BCUT2D eigenvalue weighted by molar-refractivity contribution is 5.94. The molecule has 2 aromatic carbocycles. The third kappa shape index (κ3) is 4.38. The van der Waals surface area contributed by atoms with E-state index in [4.69, 9.17) is 5.26 Å². The number of amides is 1. The Morgan fingerprint density at radius 1 is 1.00 bits per heavy atom. The van der Waals surface area contributed by atoms with Gasteiger partial charge in [-0.2, -0.15) is 27.9 Å². The van der Waals surface area contributed by atoms with E-state index in [2.05, 4.69) is 15.1 Å². The molecular formula is C24H18F3N7O. The number of hydrogen-bond acceptors (Lipinski definition) is 6. The first-order chi connectivity index (χ1) is 16.8. The van der Waals surface area contributed by atoms with Crippen LogP contribution >= 0.6 is 0 Å². The molecule has 0 aliphatic carbocycles. The third-order valence-electron chi connectivity index (χ3n) is 5.83. The maximum atomic E-state index is 13.2. The molecule has 0 atom stereocenters. The molecule has 1 amide bonds. The Balaban J connectivity index is 1.35. The van der Waals surface area contributed by atoms with Gasteiger partial charge in [-0.05, 0) is 42.5 Å². The molecule has 0 radical (unpaired) electrons. The number of piperazine rings is 1. The van der Waals surface area contributed by atoms with Crippen molar-refractivity contribution in [1.82, 2.24) is 24.5 Å². The minimum absolute atomic E-state index is 0.120. The highest BCUT2D eigenvalue weighted by Crippen LogP contribution is 2.32. The Bertz CT molecular complexity index is 1430. The van der Waals surface area contributed by atoms with Gasteiger partial charge in [0.2, 0.25) is 5.95 Å². The molecule has 1 aliphatic heterocycles. The summed E-state index contributed by atoms with van der Waals surface area (Å²) in [5.41, 5.74) is 1.04. The van der Waals surface area contributed by atoms with Gasteiger partial charge < -0.3 is 9.80 Å². The molecule has 0 N–H and O–H groups in total. The predicted octanol–water partition coefficient (Wildman–Crippen LogP) is 3.64. The van der Waals surface area contributed by atoms with Gasteiger partial charge in [-0.1, -0.05) is 12.1 Å². The van der Waals surface area contributed by atoms with Crippen molar-refractivity contribution in [2.75, 3.05) is 31.1 Å². The van der Waals surface area contributed by atoms with Crippen LogP contribution in [0.25, 0.3) is 17.0 Å². The summed E-state index contributed by atoms with van der Waals surface area (Å²) >= 11 is 0. The van der Waals surface area contributed by atoms with Gasteiger partial charge in [0.15, 0.2) is 0 Å². The van der Waals surface area contributed by atoms with Crippen molar-refractivity contribution >= 4 is 17.6 Å². The first-order valence-electron chi connectivity index (χ1n) is 10.8. The van der Waals surface area contributed by atoms with Gasteiger partial charge in [0.1, 0.15) is 0 Å². The van der Waals surface area contributed by atoms with E-state index in [-0.39, 0.29) is 11.7 Å². The van der Waals surface area contributed by atoms with Crippen molar-refractivity contribution in [3.05, 3.63) is 77.5 Å². The quantitative estimate of drug-likeness (QED) is 0.448. The standard InChI is InChI=1S/C24H18F3N7O/c25-24(26,27)19-3-1-2-18(14-19)20-8-9-29-22-30-23(31-34(20)22)33-12-10-32(11-13-33)21(35)17-6-4-16(15-28)5-7-17/h1-9,14H,10-13H2. The van der Waals surface area contributed by atoms with Crippen LogP contribution in [0.15, 0.2) is 60.8 Å². The van der Waals surface area contributed by atoms with Crippen LogP contribution in [0.2, 0.25) is 0 Å². The molecule has 8 nitrogen and oxygen atoms in total. The second-order valence-electron chi connectivity index (χ2n) is 8.00. The molecular weight excluding hydrogens is 459 g/mol. The number of hydrogen-bond donors (Lipinski definition) is 0. The van der Waals surface area contributed by atoms with E-state index in [1.807, 2.05) is 11.0 Å². The molecule has 0 bridgehead atoms. The molecule has 1 aliphatic rings. The van der Waals surface area contributed by atoms with Gasteiger partial charge in [0.25, 0.3) is 11.7 Å². The summed E-state index contributed by atoms with van der Waals surface area (Å²) in [4.78, 5) is 25.1. The number of carbonyl (C=O) groups excluding carboxylic acids is 1. The van der Waals surface area contributed by atoms with E-state index < -0.39 is 11.7 Å². The molecule has 0 spiro atoms. The minimum atomic E-state index is -4.45. The molecule has 176 valence electrons. The zero-order valence-electron chi connectivity index (χ0n) is 18.3. The van der Waals surface area contributed by atoms with E-state index in [0.717, 1.165) is 12.1 Å². The lowest BCUT2D eigenvalue weighted by Crippen LogP contribution is -2.49. The average Bonchev–Trinajstić information content (AvgIpc) is 3.32. The van der Waals surface area contributed by atoms with Crippen molar-refractivity contribution < 1.29 is 18.0 Å². The predicted molar refractivity (Wildman–Crippen MR) is 120 cm³/mol. The summed E-state index contributed by atoms with van der Waals surface area (Å²) in [6.07, 6.45) is -2.97. The summed E-state index contributed by atoms with van der Waals surface area (Å²) in [5, 5.41) is 13.4. The van der Waals surface area contributed by atoms with Crippen molar-refractivity contribution in [1.29, 1.82) is 5.26 Å². The van der Waals surface area contributed by atoms with Crippen molar-refractivity contribution in [3.63, 3.8) is 0 Å². The second-order valence-corrected chi connectivity index (χ2v) is 8.00. The fourth-order valence-electron chi connectivity index (χ4n) is 3.97. The average molecular weight is 477 g/mol. The number of anilines is 1. The Morgan fingerprint density at radius 2 is 1.74 bits per heavy atom. The van der Waals surface area contributed by atoms with Crippen LogP contribution < -0.4 is 4.90 Å². The van der Waals surface area contributed by atoms with Crippen LogP contribution in [0.3, 0.4) is 0 Å². The lowest BCUT2D eigenvalue weighted by atomic mass is 10.1. The number of carbonyl (C=O) groups is 1. The van der Waals surface area contributed by atoms with Crippen LogP contribution in [-0.2, 0) is 6.18 Å². The summed E-state index contributed by atoms with van der Waals surface area (Å²) in [7, 11) is 0. The van der Waals surface area contributed by atoms with E-state index >= 15 is 0 Å². The largest absolute Gasteiger partial charge is 0.416 e. The maximum absolute atomic E-state index is 13.2. The van der Waals surface area contributed by atoms with Crippen LogP contribution in [0.1, 0.15) is 21.5 Å². The Hall–Kier alpha value is -4.46.